The van der Waals surface area contributed by atoms with E-state index in [1.807, 2.05) is 6.92 Å². The number of carbonyl (C=O) groups is 2. The van der Waals surface area contributed by atoms with E-state index in [1.54, 1.807) is 0 Å². The van der Waals surface area contributed by atoms with Gasteiger partial charge in [0, 0.05) is 13.0 Å². The lowest BCUT2D eigenvalue weighted by Gasteiger charge is -2.14. The number of carboxylic acids is 1. The van der Waals surface area contributed by atoms with Crippen molar-refractivity contribution in [3.63, 3.8) is 0 Å². The normalized spacial score (nSPS) is 20.2. The van der Waals surface area contributed by atoms with Crippen LogP contribution in [0.5, 0.6) is 0 Å². The number of carboxylic acid groups (broad SMARTS) is 1. The van der Waals surface area contributed by atoms with E-state index in [2.05, 4.69) is 5.32 Å². The van der Waals surface area contributed by atoms with Crippen molar-refractivity contribution in [3.8, 4) is 0 Å². The van der Waals surface area contributed by atoms with Crippen molar-refractivity contribution >= 4 is 11.9 Å². The molecule has 110 valence electrons. The molecule has 19 heavy (non-hydrogen) atoms. The third-order valence-electron chi connectivity index (χ3n) is 3.01. The fourth-order valence-electron chi connectivity index (χ4n) is 1.97. The molecule has 0 radical (unpaired) electrons. The zero-order valence-electron chi connectivity index (χ0n) is 11.4. The summed E-state index contributed by atoms with van der Waals surface area (Å²) in [7, 11) is 0. The van der Waals surface area contributed by atoms with Gasteiger partial charge in [0.25, 0.3) is 0 Å². The minimum absolute atomic E-state index is 0.148. The van der Waals surface area contributed by atoms with Crippen LogP contribution in [0.3, 0.4) is 0 Å². The molecule has 0 aromatic heterocycles. The summed E-state index contributed by atoms with van der Waals surface area (Å²) >= 11 is 0. The van der Waals surface area contributed by atoms with E-state index in [1.165, 1.54) is 0 Å². The highest BCUT2D eigenvalue weighted by molar-refractivity contribution is 5.83. The van der Waals surface area contributed by atoms with Crippen LogP contribution in [0.15, 0.2) is 0 Å². The summed E-state index contributed by atoms with van der Waals surface area (Å²) in [6.07, 6.45) is 3.55. The molecule has 1 aliphatic heterocycles. The lowest BCUT2D eigenvalue weighted by molar-refractivity contribution is -0.142. The van der Waals surface area contributed by atoms with E-state index in [0.717, 1.165) is 19.4 Å². The van der Waals surface area contributed by atoms with Gasteiger partial charge in [-0.2, -0.15) is 0 Å². The molecule has 0 aliphatic carbocycles. The first-order valence-corrected chi connectivity index (χ1v) is 6.85. The van der Waals surface area contributed by atoms with Crippen LogP contribution in [-0.2, 0) is 19.1 Å². The quantitative estimate of drug-likeness (QED) is 0.611. The van der Waals surface area contributed by atoms with Crippen LogP contribution >= 0.6 is 0 Å². The molecule has 0 saturated carbocycles. The molecule has 6 nitrogen and oxygen atoms in total. The van der Waals surface area contributed by atoms with E-state index in [9.17, 15) is 9.59 Å². The maximum Gasteiger partial charge on any atom is 0.326 e. The minimum atomic E-state index is -0.990. The van der Waals surface area contributed by atoms with E-state index in [4.69, 9.17) is 14.6 Å². The largest absolute Gasteiger partial charge is 0.480 e. The van der Waals surface area contributed by atoms with Crippen LogP contribution in [-0.4, -0.2) is 48.9 Å². The van der Waals surface area contributed by atoms with Gasteiger partial charge in [0.1, 0.15) is 6.04 Å². The number of amides is 1. The monoisotopic (exact) mass is 273 g/mol. The van der Waals surface area contributed by atoms with Crippen molar-refractivity contribution in [2.24, 2.45) is 0 Å². The van der Waals surface area contributed by atoms with Crippen molar-refractivity contribution < 1.29 is 24.2 Å². The van der Waals surface area contributed by atoms with Gasteiger partial charge in [-0.15, -0.1) is 0 Å². The Bertz CT molecular complexity index is 289. The molecule has 1 fully saturated rings. The standard InChI is InChI=1S/C13H23NO5/c1-2-4-11(13(16)17)14-12(15)6-8-18-9-10-5-3-7-19-10/h10-11H,2-9H2,1H3,(H,14,15)(H,16,17). The molecule has 0 aromatic rings. The predicted octanol–water partition coefficient (Wildman–Crippen LogP) is 0.942. The number of carbonyl (C=O) groups excluding carboxylic acids is 1. The summed E-state index contributed by atoms with van der Waals surface area (Å²) in [6, 6.07) is -0.796. The summed E-state index contributed by atoms with van der Waals surface area (Å²) in [6.45, 7) is 3.47. The lowest BCUT2D eigenvalue weighted by Crippen LogP contribution is -2.41. The summed E-state index contributed by atoms with van der Waals surface area (Å²) in [5, 5.41) is 11.4. The van der Waals surface area contributed by atoms with E-state index in [-0.39, 0.29) is 18.4 Å². The second-order valence-electron chi connectivity index (χ2n) is 4.71. The molecule has 0 aromatic carbocycles. The van der Waals surface area contributed by atoms with Crippen LogP contribution in [0.1, 0.15) is 39.0 Å². The van der Waals surface area contributed by atoms with E-state index >= 15 is 0 Å². The highest BCUT2D eigenvalue weighted by Crippen LogP contribution is 2.11. The first-order chi connectivity index (χ1) is 9.13. The van der Waals surface area contributed by atoms with Gasteiger partial charge >= 0.3 is 5.97 Å². The Labute approximate surface area is 113 Å². The van der Waals surface area contributed by atoms with Crippen molar-refractivity contribution in [3.05, 3.63) is 0 Å². The van der Waals surface area contributed by atoms with Crippen LogP contribution in [0.4, 0.5) is 0 Å². The van der Waals surface area contributed by atoms with Gasteiger partial charge in [0.15, 0.2) is 0 Å². The third kappa shape index (κ3) is 6.54. The van der Waals surface area contributed by atoms with Crippen molar-refractivity contribution in [2.75, 3.05) is 19.8 Å². The second-order valence-corrected chi connectivity index (χ2v) is 4.71. The Balaban J connectivity index is 2.10. The highest BCUT2D eigenvalue weighted by Gasteiger charge is 2.19. The molecule has 2 N–H and O–H groups in total. The number of ether oxygens (including phenoxy) is 2. The zero-order chi connectivity index (χ0) is 14.1. The zero-order valence-corrected chi connectivity index (χ0v) is 11.4. The number of aliphatic carboxylic acids is 1. The number of hydrogen-bond donors (Lipinski definition) is 2. The summed E-state index contributed by atoms with van der Waals surface area (Å²) in [5.41, 5.74) is 0. The number of hydrogen-bond acceptors (Lipinski definition) is 4. The Kier molecular flexibility index (Phi) is 7.43. The average Bonchev–Trinajstić information content (AvgIpc) is 2.87. The molecule has 0 bridgehead atoms. The molecular weight excluding hydrogens is 250 g/mol. The number of rotatable bonds is 9. The first kappa shape index (κ1) is 15.9. The molecule has 0 spiro atoms. The summed E-state index contributed by atoms with van der Waals surface area (Å²) < 4.78 is 10.7. The molecule has 6 heteroatoms. The van der Waals surface area contributed by atoms with Crippen molar-refractivity contribution in [1.82, 2.24) is 5.32 Å². The SMILES string of the molecule is CCCC(NC(=O)CCOCC1CCCO1)C(=O)O. The van der Waals surface area contributed by atoms with E-state index < -0.39 is 12.0 Å². The third-order valence-corrected chi connectivity index (χ3v) is 3.01. The topological polar surface area (TPSA) is 84.9 Å². The van der Waals surface area contributed by atoms with Gasteiger partial charge in [0.05, 0.1) is 19.3 Å². The summed E-state index contributed by atoms with van der Waals surface area (Å²) in [4.78, 5) is 22.4. The Hall–Kier alpha value is -1.14. The maximum absolute atomic E-state index is 11.5. The van der Waals surface area contributed by atoms with Crippen LogP contribution in [0, 0.1) is 0 Å². The average molecular weight is 273 g/mol. The van der Waals surface area contributed by atoms with Crippen molar-refractivity contribution in [2.45, 2.75) is 51.2 Å². The molecule has 1 rings (SSSR count). The smallest absolute Gasteiger partial charge is 0.326 e. The highest BCUT2D eigenvalue weighted by atomic mass is 16.5. The minimum Gasteiger partial charge on any atom is -0.480 e. The molecule has 1 amide bonds. The second kappa shape index (κ2) is 8.87. The summed E-state index contributed by atoms with van der Waals surface area (Å²) in [5.74, 6) is -1.27. The van der Waals surface area contributed by atoms with Gasteiger partial charge in [-0.05, 0) is 19.3 Å². The predicted molar refractivity (Wildman–Crippen MR) is 68.9 cm³/mol. The number of nitrogens with one attached hydrogen (secondary N) is 1. The fraction of sp³-hybridized carbons (Fsp3) is 0.846. The van der Waals surface area contributed by atoms with Crippen LogP contribution in [0.25, 0.3) is 0 Å². The fourth-order valence-corrected chi connectivity index (χ4v) is 1.97. The Morgan fingerprint density at radius 2 is 2.32 bits per heavy atom. The molecule has 2 unspecified atom stereocenters. The van der Waals surface area contributed by atoms with Gasteiger partial charge in [-0.25, -0.2) is 4.79 Å². The van der Waals surface area contributed by atoms with Crippen LogP contribution in [0.2, 0.25) is 0 Å². The van der Waals surface area contributed by atoms with Gasteiger partial charge in [0.2, 0.25) is 5.91 Å². The van der Waals surface area contributed by atoms with Gasteiger partial charge < -0.3 is 19.9 Å². The van der Waals surface area contributed by atoms with Crippen LogP contribution < -0.4 is 5.32 Å². The Morgan fingerprint density at radius 3 is 2.89 bits per heavy atom. The van der Waals surface area contributed by atoms with Gasteiger partial charge in [-0.1, -0.05) is 13.3 Å². The van der Waals surface area contributed by atoms with Gasteiger partial charge in [-0.3, -0.25) is 4.79 Å². The molecule has 2 atom stereocenters. The molecular formula is C13H23NO5. The first-order valence-electron chi connectivity index (χ1n) is 6.85. The van der Waals surface area contributed by atoms with Crippen molar-refractivity contribution in [1.29, 1.82) is 0 Å². The molecule has 1 saturated heterocycles. The molecule has 1 aliphatic rings. The molecule has 1 heterocycles. The van der Waals surface area contributed by atoms with E-state index in [0.29, 0.717) is 26.1 Å². The maximum atomic E-state index is 11.5. The lowest BCUT2D eigenvalue weighted by atomic mass is 10.1. The Morgan fingerprint density at radius 1 is 1.53 bits per heavy atom.